The number of benzene rings is 1. The fourth-order valence-corrected chi connectivity index (χ4v) is 2.78. The molecule has 3 aromatic rings. The Balaban J connectivity index is 1.78. The van der Waals surface area contributed by atoms with Crippen molar-refractivity contribution in [2.24, 2.45) is 7.05 Å². The second-order valence-corrected chi connectivity index (χ2v) is 6.38. The quantitative estimate of drug-likeness (QED) is 0.732. The zero-order valence-electron chi connectivity index (χ0n) is 15.2. The van der Waals surface area contributed by atoms with E-state index in [4.69, 9.17) is 4.52 Å². The van der Waals surface area contributed by atoms with Crippen molar-refractivity contribution in [2.45, 2.75) is 27.3 Å². The first kappa shape index (κ1) is 17.0. The van der Waals surface area contributed by atoms with Gasteiger partial charge in [0, 0.05) is 43.5 Å². The predicted molar refractivity (Wildman–Crippen MR) is 95.2 cm³/mol. The average Bonchev–Trinajstić information content (AvgIpc) is 3.16. The summed E-state index contributed by atoms with van der Waals surface area (Å²) in [5.74, 6) is 0.412. The summed E-state index contributed by atoms with van der Waals surface area (Å²) in [7, 11) is 3.66. The van der Waals surface area contributed by atoms with Gasteiger partial charge in [-0.1, -0.05) is 35.0 Å². The fourth-order valence-electron chi connectivity index (χ4n) is 2.78. The summed E-state index contributed by atoms with van der Waals surface area (Å²) in [6.45, 7) is 6.46. The Labute approximate surface area is 147 Å². The second kappa shape index (κ2) is 6.55. The van der Waals surface area contributed by atoms with Crippen LogP contribution in [0.25, 0.3) is 11.3 Å². The van der Waals surface area contributed by atoms with E-state index in [0.717, 1.165) is 22.5 Å². The van der Waals surface area contributed by atoms with Crippen molar-refractivity contribution in [1.29, 1.82) is 0 Å². The van der Waals surface area contributed by atoms with E-state index in [9.17, 15) is 4.79 Å². The first-order chi connectivity index (χ1) is 11.9. The van der Waals surface area contributed by atoms with E-state index in [-0.39, 0.29) is 5.91 Å². The first-order valence-corrected chi connectivity index (χ1v) is 8.15. The molecule has 2 heterocycles. The fraction of sp³-hybridized carbons (Fsp3) is 0.316. The van der Waals surface area contributed by atoms with Crippen LogP contribution in [0.1, 0.15) is 33.0 Å². The highest BCUT2D eigenvalue weighted by Crippen LogP contribution is 2.22. The number of hydrogen-bond acceptors (Lipinski definition) is 4. The number of carbonyl (C=O) groups is 1. The molecule has 0 spiro atoms. The Morgan fingerprint density at radius 1 is 1.20 bits per heavy atom. The highest BCUT2D eigenvalue weighted by atomic mass is 16.5. The summed E-state index contributed by atoms with van der Waals surface area (Å²) >= 11 is 0. The summed E-state index contributed by atoms with van der Waals surface area (Å²) in [4.78, 5) is 14.3. The Bertz CT molecular complexity index is 906. The van der Waals surface area contributed by atoms with Crippen LogP contribution in [0.5, 0.6) is 0 Å². The molecular formula is C19H22N4O2. The molecule has 130 valence electrons. The van der Waals surface area contributed by atoms with Crippen LogP contribution in [0, 0.1) is 20.8 Å². The molecule has 0 atom stereocenters. The van der Waals surface area contributed by atoms with Crippen LogP contribution in [-0.2, 0) is 13.6 Å². The summed E-state index contributed by atoms with van der Waals surface area (Å²) in [6, 6.07) is 9.59. The number of carbonyl (C=O) groups excluding carboxylic acids is 1. The topological polar surface area (TPSA) is 64.2 Å². The molecule has 0 saturated heterocycles. The lowest BCUT2D eigenvalue weighted by Crippen LogP contribution is -2.27. The van der Waals surface area contributed by atoms with Gasteiger partial charge in [-0.15, -0.1) is 0 Å². The van der Waals surface area contributed by atoms with Gasteiger partial charge in [0.2, 0.25) is 0 Å². The highest BCUT2D eigenvalue weighted by molar-refractivity contribution is 5.93. The number of aryl methyl sites for hydroxylation is 3. The minimum Gasteiger partial charge on any atom is -0.355 e. The van der Waals surface area contributed by atoms with E-state index < -0.39 is 0 Å². The molecule has 0 N–H and O–H groups in total. The van der Waals surface area contributed by atoms with Crippen LogP contribution in [0.15, 0.2) is 34.9 Å². The summed E-state index contributed by atoms with van der Waals surface area (Å²) in [5.41, 5.74) is 5.41. The van der Waals surface area contributed by atoms with Crippen molar-refractivity contribution < 1.29 is 9.32 Å². The van der Waals surface area contributed by atoms with Crippen LogP contribution < -0.4 is 0 Å². The molecule has 1 amide bonds. The van der Waals surface area contributed by atoms with E-state index in [2.05, 4.69) is 10.3 Å². The molecule has 0 aliphatic carbocycles. The maximum Gasteiger partial charge on any atom is 0.276 e. The summed E-state index contributed by atoms with van der Waals surface area (Å²) in [5, 5.41) is 8.33. The summed E-state index contributed by atoms with van der Waals surface area (Å²) in [6.07, 6.45) is 0. The van der Waals surface area contributed by atoms with Gasteiger partial charge in [0.1, 0.15) is 0 Å². The molecule has 3 rings (SSSR count). The maximum absolute atomic E-state index is 12.7. The monoisotopic (exact) mass is 338 g/mol. The van der Waals surface area contributed by atoms with Crippen molar-refractivity contribution >= 4 is 5.91 Å². The predicted octanol–water partition coefficient (Wildman–Crippen LogP) is 3.27. The van der Waals surface area contributed by atoms with Gasteiger partial charge >= 0.3 is 0 Å². The third-order valence-corrected chi connectivity index (χ3v) is 4.47. The Hall–Kier alpha value is -2.89. The number of hydrogen-bond donors (Lipinski definition) is 0. The van der Waals surface area contributed by atoms with Crippen molar-refractivity contribution in [3.05, 3.63) is 58.5 Å². The van der Waals surface area contributed by atoms with Crippen LogP contribution in [0.2, 0.25) is 0 Å². The third-order valence-electron chi connectivity index (χ3n) is 4.47. The molecule has 25 heavy (non-hydrogen) atoms. The molecule has 0 aliphatic heterocycles. The lowest BCUT2D eigenvalue weighted by molar-refractivity contribution is 0.0774. The summed E-state index contributed by atoms with van der Waals surface area (Å²) < 4.78 is 7.18. The van der Waals surface area contributed by atoms with Gasteiger partial charge in [0.15, 0.2) is 11.5 Å². The average molecular weight is 338 g/mol. The number of aromatic nitrogens is 3. The molecule has 6 heteroatoms. The van der Waals surface area contributed by atoms with Gasteiger partial charge in [-0.3, -0.25) is 9.48 Å². The number of rotatable bonds is 4. The number of nitrogens with zero attached hydrogens (tertiary/aromatic N) is 4. The molecule has 0 aliphatic rings. The SMILES string of the molecule is Cc1ccc(-c2cc(C(=O)N(C)Cc3c(C)nn(C)c3C)no2)cc1. The Kier molecular flexibility index (Phi) is 4.44. The van der Waals surface area contributed by atoms with Crippen molar-refractivity contribution in [3.8, 4) is 11.3 Å². The minimum atomic E-state index is -0.176. The van der Waals surface area contributed by atoms with Gasteiger partial charge in [0.05, 0.1) is 5.69 Å². The molecule has 0 unspecified atom stereocenters. The van der Waals surface area contributed by atoms with Crippen LogP contribution >= 0.6 is 0 Å². The van der Waals surface area contributed by atoms with Crippen LogP contribution in [-0.4, -0.2) is 32.8 Å². The van der Waals surface area contributed by atoms with Gasteiger partial charge in [0.25, 0.3) is 5.91 Å². The first-order valence-electron chi connectivity index (χ1n) is 8.15. The molecule has 1 aromatic carbocycles. The van der Waals surface area contributed by atoms with Gasteiger partial charge in [-0.25, -0.2) is 0 Å². The highest BCUT2D eigenvalue weighted by Gasteiger charge is 2.20. The normalized spacial score (nSPS) is 10.9. The smallest absolute Gasteiger partial charge is 0.276 e. The zero-order chi connectivity index (χ0) is 18.1. The van der Waals surface area contributed by atoms with Crippen molar-refractivity contribution in [1.82, 2.24) is 19.8 Å². The largest absolute Gasteiger partial charge is 0.355 e. The Morgan fingerprint density at radius 2 is 1.88 bits per heavy atom. The zero-order valence-corrected chi connectivity index (χ0v) is 15.2. The third kappa shape index (κ3) is 3.33. The van der Waals surface area contributed by atoms with Crippen molar-refractivity contribution in [2.75, 3.05) is 7.05 Å². The minimum absolute atomic E-state index is 0.176. The molecule has 6 nitrogen and oxygen atoms in total. The molecule has 0 saturated carbocycles. The molecular weight excluding hydrogens is 316 g/mol. The Morgan fingerprint density at radius 3 is 2.48 bits per heavy atom. The lowest BCUT2D eigenvalue weighted by atomic mass is 10.1. The molecule has 0 bridgehead atoms. The van der Waals surface area contributed by atoms with E-state index >= 15 is 0 Å². The van der Waals surface area contributed by atoms with E-state index in [0.29, 0.717) is 18.0 Å². The molecule has 0 radical (unpaired) electrons. The standard InChI is InChI=1S/C19H22N4O2/c1-12-6-8-15(9-7-12)18-10-17(21-25-18)19(24)22(4)11-16-13(2)20-23(5)14(16)3/h6-10H,11H2,1-5H3. The van der Waals surface area contributed by atoms with Crippen molar-refractivity contribution in [3.63, 3.8) is 0 Å². The van der Waals surface area contributed by atoms with Gasteiger partial charge in [-0.2, -0.15) is 5.10 Å². The molecule has 2 aromatic heterocycles. The molecule has 0 fully saturated rings. The van der Waals surface area contributed by atoms with Gasteiger partial charge in [-0.05, 0) is 20.8 Å². The van der Waals surface area contributed by atoms with E-state index in [1.807, 2.05) is 56.8 Å². The maximum atomic E-state index is 12.7. The van der Waals surface area contributed by atoms with Crippen LogP contribution in [0.3, 0.4) is 0 Å². The van der Waals surface area contributed by atoms with Crippen LogP contribution in [0.4, 0.5) is 0 Å². The second-order valence-electron chi connectivity index (χ2n) is 6.38. The van der Waals surface area contributed by atoms with Gasteiger partial charge < -0.3 is 9.42 Å². The van der Waals surface area contributed by atoms with E-state index in [1.165, 1.54) is 5.56 Å². The van der Waals surface area contributed by atoms with E-state index in [1.54, 1.807) is 18.0 Å². The number of amides is 1. The lowest BCUT2D eigenvalue weighted by Gasteiger charge is -2.15.